The normalized spacial score (nSPS) is 10.2. The molecule has 0 unspecified atom stereocenters. The van der Waals surface area contributed by atoms with E-state index in [4.69, 9.17) is 23.2 Å². The van der Waals surface area contributed by atoms with Crippen molar-refractivity contribution in [2.24, 2.45) is 0 Å². The number of hydrogen-bond acceptors (Lipinski definition) is 0. The Morgan fingerprint density at radius 3 is 1.25 bits per heavy atom. The molecule has 0 radical (unpaired) electrons. The third kappa shape index (κ3) is 1.43. The lowest BCUT2D eigenvalue weighted by atomic mass is 9.69. The van der Waals surface area contributed by atoms with Crippen molar-refractivity contribution in [3.8, 4) is 0 Å². The summed E-state index contributed by atoms with van der Waals surface area (Å²) in [4.78, 5) is 0. The van der Waals surface area contributed by atoms with Gasteiger partial charge in [0.15, 0.2) is 0 Å². The van der Waals surface area contributed by atoms with Gasteiger partial charge in [-0.3, -0.25) is 0 Å². The molecule has 0 N–H and O–H groups in total. The second-order valence-electron chi connectivity index (χ2n) is 3.13. The van der Waals surface area contributed by atoms with Crippen molar-refractivity contribution in [1.82, 2.24) is 0 Å². The van der Waals surface area contributed by atoms with E-state index in [1.807, 2.05) is 31.4 Å². The van der Waals surface area contributed by atoms with E-state index in [9.17, 15) is 0 Å². The molecule has 0 nitrogen and oxygen atoms in total. The lowest BCUT2D eigenvalue weighted by Gasteiger charge is -2.13. The van der Waals surface area contributed by atoms with Gasteiger partial charge < -0.3 is 0 Å². The van der Waals surface area contributed by atoms with Crippen LogP contribution >= 0.6 is 23.2 Å². The van der Waals surface area contributed by atoms with E-state index in [-0.39, 0.29) is 0 Å². The molecule has 0 saturated heterocycles. The van der Waals surface area contributed by atoms with Crippen molar-refractivity contribution in [1.29, 1.82) is 0 Å². The van der Waals surface area contributed by atoms with Crippen molar-refractivity contribution in [2.45, 2.75) is 0 Å². The number of benzene rings is 1. The second-order valence-corrected chi connectivity index (χ2v) is 3.88. The van der Waals surface area contributed by atoms with E-state index >= 15 is 0 Å². The van der Waals surface area contributed by atoms with Crippen LogP contribution in [0.5, 0.6) is 0 Å². The highest BCUT2D eigenvalue weighted by molar-refractivity contribution is 6.68. The summed E-state index contributed by atoms with van der Waals surface area (Å²) in [5.74, 6) is 0. The molecule has 6 heteroatoms. The smallest absolute Gasteiger partial charge is 0.0985 e. The highest BCUT2D eigenvalue weighted by Crippen LogP contribution is 2.04. The predicted octanol–water partition coefficient (Wildman–Crippen LogP) is -3.97. The summed E-state index contributed by atoms with van der Waals surface area (Å²) in [7, 11) is 8.04. The molecule has 0 aliphatic rings. The van der Waals surface area contributed by atoms with Gasteiger partial charge in [0.05, 0.1) is 0 Å². The summed E-state index contributed by atoms with van der Waals surface area (Å²) < 4.78 is 0. The molecular weight excluding hydrogens is 186 g/mol. The predicted molar refractivity (Wildman–Crippen MR) is 69.2 cm³/mol. The monoisotopic (exact) mass is 194 g/mol. The van der Waals surface area contributed by atoms with Crippen LogP contribution in [0.15, 0.2) is 0 Å². The molecule has 0 spiro atoms. The maximum atomic E-state index is 6.08. The van der Waals surface area contributed by atoms with Crippen molar-refractivity contribution >= 4 is 76.4 Å². The average Bonchev–Trinajstić information content (AvgIpc) is 2.08. The maximum absolute atomic E-state index is 6.08. The molecule has 0 aliphatic heterocycles. The molecule has 0 saturated carbocycles. The minimum atomic E-state index is 0.795. The van der Waals surface area contributed by atoms with Gasteiger partial charge in [-0.25, -0.2) is 0 Å². The first-order chi connectivity index (χ1) is 5.46. The molecule has 0 aromatic heterocycles. The first-order valence-corrected chi connectivity index (χ1v) is 4.63. The van der Waals surface area contributed by atoms with Crippen LogP contribution in [0.25, 0.3) is 0 Å². The molecule has 12 heavy (non-hydrogen) atoms. The Bertz CT molecular complexity index is 232. The highest BCUT2D eigenvalue weighted by Gasteiger charge is 2.10. The Morgan fingerprint density at radius 1 is 0.583 bits per heavy atom. The van der Waals surface area contributed by atoms with E-state index in [1.165, 1.54) is 5.46 Å². The standard InChI is InChI=1S/C6H8B4Cl2/c7-1-2(8)5(11)4(10)6(12)3(1)9/h7-10H2. The van der Waals surface area contributed by atoms with E-state index < -0.39 is 0 Å². The van der Waals surface area contributed by atoms with Crippen LogP contribution in [0.4, 0.5) is 0 Å². The lowest BCUT2D eigenvalue weighted by molar-refractivity contribution is 1.96. The third-order valence-corrected chi connectivity index (χ3v) is 3.58. The van der Waals surface area contributed by atoms with Gasteiger partial charge in [-0.05, 0) is 0 Å². The van der Waals surface area contributed by atoms with Crippen LogP contribution in [0.1, 0.15) is 0 Å². The van der Waals surface area contributed by atoms with Gasteiger partial charge >= 0.3 is 0 Å². The van der Waals surface area contributed by atoms with Crippen molar-refractivity contribution in [2.75, 3.05) is 0 Å². The van der Waals surface area contributed by atoms with Crippen LogP contribution in [0.3, 0.4) is 0 Å². The summed E-state index contributed by atoms with van der Waals surface area (Å²) in [6.45, 7) is 0. The fourth-order valence-electron chi connectivity index (χ4n) is 1.27. The Balaban J connectivity index is 3.60. The van der Waals surface area contributed by atoms with Crippen LogP contribution in [0, 0.1) is 0 Å². The molecule has 0 atom stereocenters. The van der Waals surface area contributed by atoms with E-state index in [2.05, 4.69) is 0 Å². The fourth-order valence-corrected chi connectivity index (χ4v) is 1.79. The number of hydrogen-bond donors (Lipinski definition) is 0. The molecule has 1 aromatic rings. The van der Waals surface area contributed by atoms with E-state index in [1.54, 1.807) is 0 Å². The topological polar surface area (TPSA) is 0 Å². The third-order valence-electron chi connectivity index (χ3n) is 2.44. The molecular formula is C6H8B4Cl2. The van der Waals surface area contributed by atoms with Gasteiger partial charge in [0.25, 0.3) is 0 Å². The van der Waals surface area contributed by atoms with Gasteiger partial charge in [0.1, 0.15) is 31.4 Å². The maximum Gasteiger partial charge on any atom is 0.143 e. The second kappa shape index (κ2) is 3.43. The lowest BCUT2D eigenvalue weighted by Crippen LogP contribution is -2.44. The minimum Gasteiger partial charge on any atom is -0.0985 e. The van der Waals surface area contributed by atoms with Crippen molar-refractivity contribution in [3.63, 3.8) is 0 Å². The first kappa shape index (κ1) is 10.1. The van der Waals surface area contributed by atoms with Gasteiger partial charge in [-0.15, -0.1) is 0 Å². The summed E-state index contributed by atoms with van der Waals surface area (Å²) in [5, 5.41) is 1.59. The SMILES string of the molecule is Bc1c(B)c(Cl)c(B)c(Cl)c1B. The zero-order valence-electron chi connectivity index (χ0n) is 7.76. The molecule has 0 bridgehead atoms. The molecule has 58 valence electrons. The molecule has 0 amide bonds. The minimum absolute atomic E-state index is 0.795. The molecule has 0 heterocycles. The Morgan fingerprint density at radius 2 is 0.917 bits per heavy atom. The highest BCUT2D eigenvalue weighted by atomic mass is 35.5. The van der Waals surface area contributed by atoms with E-state index in [0.717, 1.165) is 26.4 Å². The first-order valence-electron chi connectivity index (χ1n) is 3.88. The Kier molecular flexibility index (Phi) is 2.90. The Hall–Kier alpha value is 0.0597. The zero-order valence-corrected chi connectivity index (χ0v) is 9.27. The van der Waals surface area contributed by atoms with Crippen LogP contribution in [-0.2, 0) is 0 Å². The van der Waals surface area contributed by atoms with Crippen LogP contribution in [0.2, 0.25) is 10.0 Å². The summed E-state index contributed by atoms with van der Waals surface area (Å²) in [5.41, 5.74) is 4.45. The van der Waals surface area contributed by atoms with Gasteiger partial charge in [0.2, 0.25) is 0 Å². The van der Waals surface area contributed by atoms with Gasteiger partial charge in [0, 0.05) is 10.0 Å². The molecule has 0 fully saturated rings. The Labute approximate surface area is 86.6 Å². The van der Waals surface area contributed by atoms with Gasteiger partial charge in [-0.1, -0.05) is 45.1 Å². The van der Waals surface area contributed by atoms with Crippen LogP contribution < -0.4 is 21.9 Å². The van der Waals surface area contributed by atoms with Crippen molar-refractivity contribution in [3.05, 3.63) is 10.0 Å². The summed E-state index contributed by atoms with van der Waals surface area (Å²) in [6.07, 6.45) is 0. The number of rotatable bonds is 0. The summed E-state index contributed by atoms with van der Waals surface area (Å²) in [6, 6.07) is 0. The summed E-state index contributed by atoms with van der Waals surface area (Å²) >= 11 is 12.2. The van der Waals surface area contributed by atoms with Crippen molar-refractivity contribution < 1.29 is 0 Å². The molecule has 1 aromatic carbocycles. The largest absolute Gasteiger partial charge is 0.143 e. The molecule has 0 aliphatic carbocycles. The average molecular weight is 194 g/mol. The molecule has 1 rings (SSSR count). The van der Waals surface area contributed by atoms with Crippen LogP contribution in [-0.4, -0.2) is 31.4 Å². The number of halogens is 2. The quantitative estimate of drug-likeness (QED) is 0.370. The van der Waals surface area contributed by atoms with E-state index in [0.29, 0.717) is 0 Å². The van der Waals surface area contributed by atoms with Gasteiger partial charge in [-0.2, -0.15) is 0 Å². The zero-order chi connectivity index (χ0) is 9.46. The fraction of sp³-hybridized carbons (Fsp3) is 0.